The Balaban J connectivity index is 2.56. The lowest BCUT2D eigenvalue weighted by Gasteiger charge is -1.86. The van der Waals surface area contributed by atoms with Crippen LogP contribution in [0.4, 0.5) is 0 Å². The van der Waals surface area contributed by atoms with Gasteiger partial charge >= 0.3 is 0 Å². The minimum Gasteiger partial charge on any atom is -0.131 e. The van der Waals surface area contributed by atoms with Gasteiger partial charge in [-0.1, -0.05) is 20.4 Å². The second-order valence-corrected chi connectivity index (χ2v) is 4.22. The van der Waals surface area contributed by atoms with Gasteiger partial charge in [0.25, 0.3) is 0 Å². The lowest BCUT2D eigenvalue weighted by molar-refractivity contribution is 0.925. The van der Waals surface area contributed by atoms with Crippen LogP contribution >= 0.6 is 36.7 Å². The summed E-state index contributed by atoms with van der Waals surface area (Å²) in [5, 5.41) is 1.16. The van der Waals surface area contributed by atoms with E-state index in [9.17, 15) is 0 Å². The first-order valence-corrected chi connectivity index (χ1v) is 6.47. The molecule has 0 radical (unpaired) electrons. The number of hydrogen-bond donors (Lipinski definition) is 0. The number of alkyl halides is 2. The minimum absolute atomic E-state index is 0.324. The van der Waals surface area contributed by atoms with E-state index >= 15 is 0 Å². The van der Waals surface area contributed by atoms with Crippen molar-refractivity contribution in [3.63, 3.8) is 0 Å². The smallest absolute Gasteiger partial charge is 0.00315 e. The van der Waals surface area contributed by atoms with E-state index in [1.807, 2.05) is 0 Å². The molecule has 0 aromatic carbocycles. The van der Waals surface area contributed by atoms with Crippen molar-refractivity contribution in [2.45, 2.75) is 12.8 Å². The maximum absolute atomic E-state index is 3.85. The van der Waals surface area contributed by atoms with Crippen LogP contribution in [-0.4, -0.2) is 14.3 Å². The Morgan fingerprint density at radius 3 is 2.57 bits per heavy atom. The van der Waals surface area contributed by atoms with Gasteiger partial charge in [-0.3, -0.25) is 0 Å². The van der Waals surface area contributed by atoms with Crippen molar-refractivity contribution in [3.8, 4) is 0 Å². The van der Waals surface area contributed by atoms with Crippen molar-refractivity contribution in [2.75, 3.05) is 9.76 Å². The normalized spacial score (nSPS) is 9.29. The number of hydrogen-bond acceptors (Lipinski definition) is 0. The molecule has 0 fully saturated rings. The van der Waals surface area contributed by atoms with Gasteiger partial charge < -0.3 is 0 Å². The SMILES string of the molecule is C=ICCCCBr. The van der Waals surface area contributed by atoms with Crippen LogP contribution in [0.25, 0.3) is 0 Å². The lowest BCUT2D eigenvalue weighted by atomic mass is 10.4. The molecule has 0 rings (SSSR count). The van der Waals surface area contributed by atoms with Crippen molar-refractivity contribution < 1.29 is 0 Å². The molecule has 0 amide bonds. The Labute approximate surface area is 63.6 Å². The second-order valence-electron chi connectivity index (χ2n) is 1.27. The fourth-order valence-corrected chi connectivity index (χ4v) is 1.76. The Kier molecular flexibility index (Phi) is 8.17. The average molecular weight is 277 g/mol. The molecule has 0 saturated carbocycles. The molecule has 0 aliphatic heterocycles. The maximum Gasteiger partial charge on any atom is 0.00315 e. The first-order chi connectivity index (χ1) is 3.41. The van der Waals surface area contributed by atoms with Crippen molar-refractivity contribution in [1.29, 1.82) is 0 Å². The fourth-order valence-electron chi connectivity index (χ4n) is 0.283. The molecule has 0 bridgehead atoms. The predicted octanol–water partition coefficient (Wildman–Crippen LogP) is 2.56. The molecular weight excluding hydrogens is 267 g/mol. The molecule has 7 heavy (non-hydrogen) atoms. The van der Waals surface area contributed by atoms with Gasteiger partial charge in [0, 0.05) is 5.33 Å². The van der Waals surface area contributed by atoms with E-state index in [-0.39, 0.29) is 0 Å². The zero-order valence-corrected chi connectivity index (χ0v) is 8.03. The number of unbranched alkanes of at least 4 members (excludes halogenated alkanes) is 1. The topological polar surface area (TPSA) is 0 Å². The van der Waals surface area contributed by atoms with Crippen LogP contribution < -0.4 is 0 Å². The van der Waals surface area contributed by atoms with Crippen molar-refractivity contribution >= 4 is 41.2 Å². The van der Waals surface area contributed by atoms with E-state index in [1.54, 1.807) is 0 Å². The highest BCUT2D eigenvalue weighted by Crippen LogP contribution is 2.00. The van der Waals surface area contributed by atoms with Crippen LogP contribution in [0.2, 0.25) is 0 Å². The monoisotopic (exact) mass is 276 g/mol. The summed E-state index contributed by atoms with van der Waals surface area (Å²) in [4.78, 5) is 0. The molecule has 0 saturated heterocycles. The van der Waals surface area contributed by atoms with E-state index in [0.717, 1.165) is 5.33 Å². The molecule has 44 valence electrons. The second kappa shape index (κ2) is 7.08. The van der Waals surface area contributed by atoms with Crippen LogP contribution in [0.15, 0.2) is 0 Å². The van der Waals surface area contributed by atoms with Crippen molar-refractivity contribution in [1.82, 2.24) is 0 Å². The Hall–Kier alpha value is 1.08. The summed E-state index contributed by atoms with van der Waals surface area (Å²) in [6.07, 6.45) is 2.71. The molecule has 0 spiro atoms. The number of rotatable bonds is 4. The quantitative estimate of drug-likeness (QED) is 0.421. The molecule has 0 heterocycles. The first-order valence-electron chi connectivity index (χ1n) is 2.30. The van der Waals surface area contributed by atoms with E-state index in [2.05, 4.69) is 20.4 Å². The highest BCUT2D eigenvalue weighted by Gasteiger charge is 1.79. The summed E-state index contributed by atoms with van der Waals surface area (Å²) in [6.45, 7) is 0. The van der Waals surface area contributed by atoms with E-state index in [4.69, 9.17) is 0 Å². The minimum atomic E-state index is 0.324. The van der Waals surface area contributed by atoms with Crippen LogP contribution in [0.1, 0.15) is 12.8 Å². The average Bonchev–Trinajstić information content (AvgIpc) is 1.69. The Morgan fingerprint density at radius 2 is 2.14 bits per heavy atom. The summed E-state index contributed by atoms with van der Waals surface area (Å²) >= 11 is 3.70. The molecule has 0 unspecified atom stereocenters. The maximum atomic E-state index is 3.85. The van der Waals surface area contributed by atoms with Crippen molar-refractivity contribution in [2.24, 2.45) is 0 Å². The molecule has 0 aliphatic rings. The first kappa shape index (κ1) is 8.08. The fraction of sp³-hybridized carbons (Fsp3) is 0.800. The predicted molar refractivity (Wildman–Crippen MR) is 49.0 cm³/mol. The van der Waals surface area contributed by atoms with E-state index < -0.39 is 0 Å². The molecule has 2 heteroatoms. The Bertz CT molecular complexity index is 45.3. The van der Waals surface area contributed by atoms with Gasteiger partial charge in [-0.15, -0.1) is 20.7 Å². The third-order valence-corrected chi connectivity index (χ3v) is 2.74. The van der Waals surface area contributed by atoms with Gasteiger partial charge in [-0.2, -0.15) is 0 Å². The van der Waals surface area contributed by atoms with Gasteiger partial charge in [0.1, 0.15) is 0 Å². The molecule has 0 aromatic rings. The van der Waals surface area contributed by atoms with Crippen LogP contribution in [0.5, 0.6) is 0 Å². The summed E-state index contributed by atoms with van der Waals surface area (Å²) in [5.41, 5.74) is 0. The largest absolute Gasteiger partial charge is 0.131 e. The summed E-state index contributed by atoms with van der Waals surface area (Å²) in [7, 11) is 0. The highest BCUT2D eigenvalue weighted by atomic mass is 127. The standard InChI is InChI=1S/C5H10BrI/c1-7-5-3-2-4-6/h1-5H2. The van der Waals surface area contributed by atoms with Gasteiger partial charge in [0.05, 0.1) is 0 Å². The summed E-state index contributed by atoms with van der Waals surface area (Å²) in [6, 6.07) is 0. The molecule has 0 aliphatic carbocycles. The molecule has 0 nitrogen and oxygen atoms in total. The van der Waals surface area contributed by atoms with Gasteiger partial charge in [0.2, 0.25) is 0 Å². The number of halogens is 2. The van der Waals surface area contributed by atoms with E-state index in [0.29, 0.717) is 20.7 Å². The summed E-state index contributed by atoms with van der Waals surface area (Å²) < 4.78 is 5.25. The van der Waals surface area contributed by atoms with Crippen molar-refractivity contribution in [3.05, 3.63) is 0 Å². The summed E-state index contributed by atoms with van der Waals surface area (Å²) in [5.74, 6) is 0. The third kappa shape index (κ3) is 7.08. The van der Waals surface area contributed by atoms with Gasteiger partial charge in [-0.25, -0.2) is 0 Å². The van der Waals surface area contributed by atoms with Gasteiger partial charge in [0.15, 0.2) is 0 Å². The zero-order valence-electron chi connectivity index (χ0n) is 4.29. The van der Waals surface area contributed by atoms with Gasteiger partial charge in [-0.05, 0) is 17.3 Å². The molecule has 0 atom stereocenters. The van der Waals surface area contributed by atoms with Crippen LogP contribution in [-0.2, 0) is 0 Å². The van der Waals surface area contributed by atoms with Crippen LogP contribution in [0.3, 0.4) is 0 Å². The van der Waals surface area contributed by atoms with E-state index in [1.165, 1.54) is 17.3 Å². The molecule has 0 aromatic heterocycles. The lowest BCUT2D eigenvalue weighted by Crippen LogP contribution is -1.74. The molecular formula is C5H10BrI. The van der Waals surface area contributed by atoms with Crippen LogP contribution in [0, 0.1) is 0 Å². The highest BCUT2D eigenvalue weighted by molar-refractivity contribution is 14.2. The third-order valence-electron chi connectivity index (χ3n) is 0.651. The zero-order chi connectivity index (χ0) is 5.54. The molecule has 0 N–H and O–H groups in total. The Morgan fingerprint density at radius 1 is 1.43 bits per heavy atom.